The van der Waals surface area contributed by atoms with Gasteiger partial charge in [-0.3, -0.25) is 19.2 Å². The molecule has 1 aromatic carbocycles. The summed E-state index contributed by atoms with van der Waals surface area (Å²) in [7, 11) is 0. The van der Waals surface area contributed by atoms with E-state index in [1.54, 1.807) is 4.90 Å². The molecular weight excluding hydrogens is 463 g/mol. The topological polar surface area (TPSA) is 88.5 Å². The van der Waals surface area contributed by atoms with Gasteiger partial charge in [0.15, 0.2) is 6.29 Å². The number of carbonyl (C=O) groups is 3. The predicted octanol–water partition coefficient (Wildman–Crippen LogP) is 2.82. The average Bonchev–Trinajstić information content (AvgIpc) is 2.99. The van der Waals surface area contributed by atoms with E-state index >= 15 is 0 Å². The smallest absolute Gasteiger partial charge is 0.271 e. The van der Waals surface area contributed by atoms with Crippen molar-refractivity contribution in [3.8, 4) is 0 Å². The summed E-state index contributed by atoms with van der Waals surface area (Å²) in [6.45, 7) is 4.03. The third-order valence-corrected chi connectivity index (χ3v) is 7.70. The fourth-order valence-corrected chi connectivity index (χ4v) is 5.93. The van der Waals surface area contributed by atoms with Crippen LogP contribution in [0.3, 0.4) is 0 Å². The Bertz CT molecular complexity index is 1330. The molecule has 1 aliphatic carbocycles. The number of nitrogens with zero attached hydrogens (tertiary/aromatic N) is 2. The van der Waals surface area contributed by atoms with Crippen LogP contribution in [0, 0.1) is 28.8 Å². The minimum absolute atomic E-state index is 0.0597. The Kier molecular flexibility index (Phi) is 5.41. The first kappa shape index (κ1) is 23.1. The molecule has 2 amide bonds. The molecule has 5 rings (SSSR count). The standard InChI is InChI=1S/C25H22F3N3O4/c1-2-4-25-5-3-17(25)20-10-30-9-15(22(33)16(11-32)21(30)24(35)31(20)12-25)23(34)29-8-14-18(27)6-13(26)7-19(14)28/h2,6-7,9,11,17,20H,1,3-5,8,10,12H2,(H,29,34)/t17-,20-,25?/m0/s1. The zero-order chi connectivity index (χ0) is 25.1. The van der Waals surface area contributed by atoms with E-state index in [1.165, 1.54) is 10.8 Å². The maximum atomic E-state index is 13.9. The van der Waals surface area contributed by atoms with Crippen molar-refractivity contribution in [3.63, 3.8) is 0 Å². The third kappa shape index (κ3) is 3.42. The number of aromatic nitrogens is 1. The molecule has 7 nitrogen and oxygen atoms in total. The number of allylic oxidation sites excluding steroid dienone is 1. The molecular formula is C25H22F3N3O4. The highest BCUT2D eigenvalue weighted by Gasteiger charge is 2.59. The number of halogens is 3. The number of hydrogen-bond donors (Lipinski definition) is 1. The lowest BCUT2D eigenvalue weighted by atomic mass is 9.58. The third-order valence-electron chi connectivity index (χ3n) is 7.70. The second kappa shape index (κ2) is 8.21. The molecule has 1 saturated carbocycles. The summed E-state index contributed by atoms with van der Waals surface area (Å²) in [6.07, 6.45) is 5.99. The molecule has 0 radical (unpaired) electrons. The lowest BCUT2D eigenvalue weighted by Gasteiger charge is -2.45. The first-order valence-electron chi connectivity index (χ1n) is 11.3. The maximum absolute atomic E-state index is 13.9. The predicted molar refractivity (Wildman–Crippen MR) is 118 cm³/mol. The second-order valence-electron chi connectivity index (χ2n) is 9.44. The lowest BCUT2D eigenvalue weighted by Crippen LogP contribution is -2.49. The van der Waals surface area contributed by atoms with Crippen molar-refractivity contribution in [1.29, 1.82) is 0 Å². The summed E-state index contributed by atoms with van der Waals surface area (Å²) in [5, 5.41) is 2.25. The first-order valence-corrected chi connectivity index (χ1v) is 11.3. The van der Waals surface area contributed by atoms with E-state index < -0.39 is 57.9 Å². The number of carbonyl (C=O) groups excluding carboxylic acids is 3. The SMILES string of the molecule is C=CCC12CC[C@H]1[C@@H]1Cn3cc(C(=O)NCc4c(F)cc(F)cc4F)c(=O)c(C=O)c3C(=O)N1C2. The van der Waals surface area contributed by atoms with Crippen molar-refractivity contribution in [1.82, 2.24) is 14.8 Å². The van der Waals surface area contributed by atoms with Gasteiger partial charge in [-0.1, -0.05) is 6.08 Å². The minimum atomic E-state index is -1.19. The van der Waals surface area contributed by atoms with Crippen molar-refractivity contribution >= 4 is 18.1 Å². The van der Waals surface area contributed by atoms with Gasteiger partial charge in [-0.25, -0.2) is 13.2 Å². The molecule has 1 unspecified atom stereocenters. The number of rotatable bonds is 6. The van der Waals surface area contributed by atoms with Crippen molar-refractivity contribution in [2.75, 3.05) is 6.54 Å². The zero-order valence-electron chi connectivity index (χ0n) is 18.7. The number of fused-ring (bicyclic) bond motifs is 4. The molecule has 3 aliphatic rings. The van der Waals surface area contributed by atoms with Crippen molar-refractivity contribution < 1.29 is 27.6 Å². The Morgan fingerprint density at radius 1 is 1.23 bits per heavy atom. The van der Waals surface area contributed by atoms with Gasteiger partial charge in [0.05, 0.1) is 11.6 Å². The Balaban J connectivity index is 1.47. The van der Waals surface area contributed by atoms with Crippen LogP contribution in [0.15, 0.2) is 35.8 Å². The number of aldehydes is 1. The molecule has 10 heteroatoms. The van der Waals surface area contributed by atoms with Crippen LogP contribution in [0.2, 0.25) is 0 Å². The van der Waals surface area contributed by atoms with Gasteiger partial charge in [0.25, 0.3) is 11.8 Å². The van der Waals surface area contributed by atoms with Gasteiger partial charge in [0.2, 0.25) is 5.43 Å². The molecule has 1 aromatic heterocycles. The molecule has 2 fully saturated rings. The van der Waals surface area contributed by atoms with Gasteiger partial charge >= 0.3 is 0 Å². The summed E-state index contributed by atoms with van der Waals surface area (Å²) >= 11 is 0. The van der Waals surface area contributed by atoms with Gasteiger partial charge in [0.1, 0.15) is 28.7 Å². The van der Waals surface area contributed by atoms with Crippen LogP contribution in [-0.4, -0.2) is 40.2 Å². The molecule has 0 bridgehead atoms. The van der Waals surface area contributed by atoms with Gasteiger partial charge in [-0.15, -0.1) is 6.58 Å². The number of benzene rings is 1. The summed E-state index contributed by atoms with van der Waals surface area (Å²) < 4.78 is 42.4. The van der Waals surface area contributed by atoms with Gasteiger partial charge in [-0.2, -0.15) is 0 Å². The van der Waals surface area contributed by atoms with E-state index in [1.807, 2.05) is 6.08 Å². The van der Waals surface area contributed by atoms with E-state index in [9.17, 15) is 32.3 Å². The summed E-state index contributed by atoms with van der Waals surface area (Å²) in [5.41, 5.74) is -2.51. The molecule has 0 spiro atoms. The Labute approximate surface area is 198 Å². The summed E-state index contributed by atoms with van der Waals surface area (Å²) in [6, 6.07) is 0.826. The average molecular weight is 485 g/mol. The highest BCUT2D eigenvalue weighted by molar-refractivity contribution is 6.03. The molecule has 2 aromatic rings. The number of nitrogens with one attached hydrogen (secondary N) is 1. The number of amides is 2. The van der Waals surface area contributed by atoms with Crippen LogP contribution < -0.4 is 10.7 Å². The van der Waals surface area contributed by atoms with E-state index in [-0.39, 0.29) is 29.4 Å². The molecule has 3 heterocycles. The van der Waals surface area contributed by atoms with Crippen LogP contribution in [0.1, 0.15) is 56.0 Å². The van der Waals surface area contributed by atoms with E-state index in [0.29, 0.717) is 25.2 Å². The van der Waals surface area contributed by atoms with E-state index in [4.69, 9.17) is 0 Å². The fraction of sp³-hybridized carbons (Fsp3) is 0.360. The van der Waals surface area contributed by atoms with Gasteiger partial charge < -0.3 is 14.8 Å². The Morgan fingerprint density at radius 2 is 1.94 bits per heavy atom. The van der Waals surface area contributed by atoms with Crippen molar-refractivity contribution in [3.05, 3.63) is 81.0 Å². The number of hydrogen-bond acceptors (Lipinski definition) is 4. The molecule has 35 heavy (non-hydrogen) atoms. The Morgan fingerprint density at radius 3 is 2.54 bits per heavy atom. The quantitative estimate of drug-likeness (QED) is 0.504. The van der Waals surface area contributed by atoms with Crippen LogP contribution in [0.5, 0.6) is 0 Å². The summed E-state index contributed by atoms with van der Waals surface area (Å²) in [4.78, 5) is 52.7. The normalized spacial score (nSPS) is 24.2. The van der Waals surface area contributed by atoms with Crippen LogP contribution in [-0.2, 0) is 13.1 Å². The monoisotopic (exact) mass is 485 g/mol. The van der Waals surface area contributed by atoms with E-state index in [0.717, 1.165) is 19.3 Å². The van der Waals surface area contributed by atoms with Gasteiger partial charge in [-0.05, 0) is 30.6 Å². The largest absolute Gasteiger partial charge is 0.348 e. The van der Waals surface area contributed by atoms with Gasteiger partial charge in [0, 0.05) is 43.5 Å². The Hall–Kier alpha value is -3.69. The second-order valence-corrected chi connectivity index (χ2v) is 9.44. The molecule has 182 valence electrons. The highest BCUT2D eigenvalue weighted by Crippen LogP contribution is 2.58. The highest BCUT2D eigenvalue weighted by atomic mass is 19.1. The molecule has 1 N–H and O–H groups in total. The lowest BCUT2D eigenvalue weighted by molar-refractivity contribution is 0.0576. The maximum Gasteiger partial charge on any atom is 0.271 e. The number of pyridine rings is 1. The molecule has 3 atom stereocenters. The molecule has 2 aliphatic heterocycles. The van der Waals surface area contributed by atoms with Crippen LogP contribution in [0.4, 0.5) is 13.2 Å². The first-order chi connectivity index (χ1) is 16.7. The fourth-order valence-electron chi connectivity index (χ4n) is 5.93. The van der Waals surface area contributed by atoms with Crippen LogP contribution in [0.25, 0.3) is 0 Å². The van der Waals surface area contributed by atoms with Crippen molar-refractivity contribution in [2.24, 2.45) is 11.3 Å². The van der Waals surface area contributed by atoms with Crippen LogP contribution >= 0.6 is 0 Å². The minimum Gasteiger partial charge on any atom is -0.348 e. The molecule has 1 saturated heterocycles. The van der Waals surface area contributed by atoms with Crippen molar-refractivity contribution in [2.45, 2.75) is 38.4 Å². The zero-order valence-corrected chi connectivity index (χ0v) is 18.7. The van der Waals surface area contributed by atoms with E-state index in [2.05, 4.69) is 11.9 Å². The summed E-state index contributed by atoms with van der Waals surface area (Å²) in [5.74, 6) is -4.63.